The highest BCUT2D eigenvalue weighted by Gasteiger charge is 2.27. The minimum absolute atomic E-state index is 0.0412. The number of hydrogen-bond donors (Lipinski definition) is 2. The van der Waals surface area contributed by atoms with Crippen molar-refractivity contribution in [2.24, 2.45) is 5.92 Å². The van der Waals surface area contributed by atoms with Crippen molar-refractivity contribution in [3.8, 4) is 0 Å². The van der Waals surface area contributed by atoms with E-state index in [0.717, 1.165) is 6.42 Å². The number of hydrogen-bond acceptors (Lipinski definition) is 5. The van der Waals surface area contributed by atoms with Gasteiger partial charge in [-0.15, -0.1) is 10.2 Å². The van der Waals surface area contributed by atoms with Gasteiger partial charge in [0.05, 0.1) is 0 Å². The van der Waals surface area contributed by atoms with Gasteiger partial charge in [0.25, 0.3) is 0 Å². The lowest BCUT2D eigenvalue weighted by molar-refractivity contribution is -0.121. The molecule has 2 aromatic rings. The van der Waals surface area contributed by atoms with E-state index in [2.05, 4.69) is 65.9 Å². The molecule has 156 valence electrons. The Labute approximate surface area is 175 Å². The van der Waals surface area contributed by atoms with E-state index < -0.39 is 0 Å². The van der Waals surface area contributed by atoms with Crippen LogP contribution in [-0.4, -0.2) is 46.7 Å². The first-order valence-corrected chi connectivity index (χ1v) is 10.9. The quantitative estimate of drug-likeness (QED) is 0.783. The largest absolute Gasteiger partial charge is 0.338 e. The van der Waals surface area contributed by atoms with Crippen LogP contribution in [0.15, 0.2) is 29.8 Å². The zero-order chi connectivity index (χ0) is 20.9. The predicted octanol–water partition coefficient (Wildman–Crippen LogP) is 3.44. The van der Waals surface area contributed by atoms with Gasteiger partial charge in [-0.2, -0.15) is 0 Å². The van der Waals surface area contributed by atoms with Crippen LogP contribution in [0.25, 0.3) is 0 Å². The monoisotopic (exact) mass is 415 g/mol. The molecule has 0 bridgehead atoms. The van der Waals surface area contributed by atoms with Crippen LogP contribution in [0.1, 0.15) is 44.7 Å². The zero-order valence-electron chi connectivity index (χ0n) is 17.3. The van der Waals surface area contributed by atoms with Gasteiger partial charge in [-0.05, 0) is 35.8 Å². The lowest BCUT2D eigenvalue weighted by atomic mass is 9.86. The van der Waals surface area contributed by atoms with E-state index in [4.69, 9.17) is 0 Å². The van der Waals surface area contributed by atoms with E-state index in [1.807, 2.05) is 0 Å². The molecule has 3 rings (SSSR count). The molecule has 1 aliphatic rings. The van der Waals surface area contributed by atoms with Gasteiger partial charge in [-0.25, -0.2) is 4.79 Å². The van der Waals surface area contributed by atoms with E-state index in [9.17, 15) is 9.59 Å². The number of nitrogens with zero attached hydrogens (tertiary/aromatic N) is 3. The van der Waals surface area contributed by atoms with E-state index in [1.165, 1.54) is 22.5 Å². The van der Waals surface area contributed by atoms with Gasteiger partial charge in [0.2, 0.25) is 11.0 Å². The molecule has 2 heterocycles. The van der Waals surface area contributed by atoms with Crippen molar-refractivity contribution in [2.45, 2.75) is 45.4 Å². The van der Waals surface area contributed by atoms with Crippen LogP contribution < -0.4 is 10.6 Å². The molecule has 7 nitrogen and oxygen atoms in total. The first kappa shape index (κ1) is 21.2. The highest BCUT2D eigenvalue weighted by Crippen LogP contribution is 2.22. The normalized spacial score (nSPS) is 15.2. The molecule has 0 aliphatic carbocycles. The molecule has 0 unspecified atom stereocenters. The molecule has 2 N–H and O–H groups in total. The molecule has 1 aliphatic heterocycles. The van der Waals surface area contributed by atoms with Gasteiger partial charge in [-0.3, -0.25) is 4.79 Å². The molecule has 1 saturated heterocycles. The predicted molar refractivity (Wildman–Crippen MR) is 115 cm³/mol. The third kappa shape index (κ3) is 6.00. The number of amides is 3. The zero-order valence-corrected chi connectivity index (χ0v) is 18.1. The number of carbonyl (C=O) groups is 2. The number of aromatic nitrogens is 2. The standard InChI is InChI=1S/C21H29N5O2S/c1-21(2,3)17-6-4-15(5-7-17)8-11-22-20(28)26-12-9-16(10-13-26)18(27)24-19-25-23-14-29-19/h4-7,14,16H,8-13H2,1-3H3,(H,22,28)(H,24,25,27). The number of benzene rings is 1. The number of rotatable bonds is 5. The van der Waals surface area contributed by atoms with Crippen LogP contribution in [-0.2, 0) is 16.6 Å². The molecular formula is C21H29N5O2S. The summed E-state index contributed by atoms with van der Waals surface area (Å²) in [6.45, 7) is 8.37. The lowest BCUT2D eigenvalue weighted by Gasteiger charge is -2.31. The first-order chi connectivity index (χ1) is 13.8. The number of likely N-dealkylation sites (tertiary alicyclic amines) is 1. The molecule has 0 saturated carbocycles. The summed E-state index contributed by atoms with van der Waals surface area (Å²) in [6.07, 6.45) is 2.12. The van der Waals surface area contributed by atoms with Gasteiger partial charge in [0, 0.05) is 25.6 Å². The Kier molecular flexibility index (Phi) is 6.84. The summed E-state index contributed by atoms with van der Waals surface area (Å²) < 4.78 is 0. The Morgan fingerprint density at radius 1 is 1.17 bits per heavy atom. The fourth-order valence-electron chi connectivity index (χ4n) is 3.38. The van der Waals surface area contributed by atoms with Gasteiger partial charge < -0.3 is 15.5 Å². The summed E-state index contributed by atoms with van der Waals surface area (Å²) in [4.78, 5) is 26.5. The number of anilines is 1. The fourth-order valence-corrected chi connectivity index (χ4v) is 3.82. The number of urea groups is 1. The van der Waals surface area contributed by atoms with Crippen molar-refractivity contribution >= 4 is 28.4 Å². The Bertz CT molecular complexity index is 807. The fraction of sp³-hybridized carbons (Fsp3) is 0.524. The molecule has 0 spiro atoms. The Balaban J connectivity index is 1.38. The number of carbonyl (C=O) groups excluding carboxylic acids is 2. The van der Waals surface area contributed by atoms with Crippen LogP contribution in [0.3, 0.4) is 0 Å². The van der Waals surface area contributed by atoms with Crippen molar-refractivity contribution in [2.75, 3.05) is 25.0 Å². The summed E-state index contributed by atoms with van der Waals surface area (Å²) in [5, 5.41) is 13.8. The van der Waals surface area contributed by atoms with E-state index >= 15 is 0 Å². The van der Waals surface area contributed by atoms with Crippen LogP contribution >= 0.6 is 11.3 Å². The minimum atomic E-state index is -0.0933. The van der Waals surface area contributed by atoms with Crippen LogP contribution in [0.2, 0.25) is 0 Å². The molecule has 1 fully saturated rings. The summed E-state index contributed by atoms with van der Waals surface area (Å²) >= 11 is 1.30. The van der Waals surface area contributed by atoms with Crippen molar-refractivity contribution in [3.05, 3.63) is 40.9 Å². The molecular weight excluding hydrogens is 386 g/mol. The van der Waals surface area contributed by atoms with Crippen LogP contribution in [0, 0.1) is 5.92 Å². The van der Waals surface area contributed by atoms with Gasteiger partial charge in [0.1, 0.15) is 5.51 Å². The molecule has 1 aromatic heterocycles. The second kappa shape index (κ2) is 9.35. The smallest absolute Gasteiger partial charge is 0.317 e. The topological polar surface area (TPSA) is 87.2 Å². The second-order valence-electron chi connectivity index (χ2n) is 8.42. The van der Waals surface area contributed by atoms with Crippen molar-refractivity contribution in [3.63, 3.8) is 0 Å². The third-order valence-electron chi connectivity index (χ3n) is 5.25. The molecule has 29 heavy (non-hydrogen) atoms. The minimum Gasteiger partial charge on any atom is -0.338 e. The highest BCUT2D eigenvalue weighted by atomic mass is 32.1. The average Bonchev–Trinajstić information content (AvgIpc) is 3.21. The Hall–Kier alpha value is -2.48. The lowest BCUT2D eigenvalue weighted by Crippen LogP contribution is -2.46. The third-order valence-corrected chi connectivity index (χ3v) is 5.86. The van der Waals surface area contributed by atoms with Crippen molar-refractivity contribution in [1.82, 2.24) is 20.4 Å². The van der Waals surface area contributed by atoms with Crippen molar-refractivity contribution in [1.29, 1.82) is 0 Å². The van der Waals surface area contributed by atoms with Gasteiger partial charge in [0.15, 0.2) is 0 Å². The van der Waals surface area contributed by atoms with Crippen LogP contribution in [0.4, 0.5) is 9.93 Å². The summed E-state index contributed by atoms with van der Waals surface area (Å²) in [5.41, 5.74) is 4.25. The molecule has 0 atom stereocenters. The van der Waals surface area contributed by atoms with E-state index in [-0.39, 0.29) is 23.3 Å². The van der Waals surface area contributed by atoms with Crippen LogP contribution in [0.5, 0.6) is 0 Å². The van der Waals surface area contributed by atoms with E-state index in [1.54, 1.807) is 10.4 Å². The Morgan fingerprint density at radius 3 is 2.45 bits per heavy atom. The maximum absolute atomic E-state index is 12.4. The number of nitrogens with one attached hydrogen (secondary N) is 2. The summed E-state index contributed by atoms with van der Waals surface area (Å²) in [6, 6.07) is 8.53. The second-order valence-corrected chi connectivity index (χ2v) is 9.26. The number of piperidine rings is 1. The van der Waals surface area contributed by atoms with Gasteiger partial charge in [-0.1, -0.05) is 56.4 Å². The molecule has 3 amide bonds. The van der Waals surface area contributed by atoms with E-state index in [0.29, 0.717) is 37.6 Å². The Morgan fingerprint density at radius 2 is 1.86 bits per heavy atom. The first-order valence-electron chi connectivity index (χ1n) is 10.0. The highest BCUT2D eigenvalue weighted by molar-refractivity contribution is 7.13. The molecule has 1 aromatic carbocycles. The SMILES string of the molecule is CC(C)(C)c1ccc(CCNC(=O)N2CCC(C(=O)Nc3nncs3)CC2)cc1. The summed E-state index contributed by atoms with van der Waals surface area (Å²) in [7, 11) is 0. The summed E-state index contributed by atoms with van der Waals surface area (Å²) in [5.74, 6) is -0.134. The van der Waals surface area contributed by atoms with Crippen molar-refractivity contribution < 1.29 is 9.59 Å². The molecule has 8 heteroatoms. The average molecular weight is 416 g/mol. The maximum Gasteiger partial charge on any atom is 0.317 e. The van der Waals surface area contributed by atoms with Gasteiger partial charge >= 0.3 is 6.03 Å². The molecule has 0 radical (unpaired) electrons. The maximum atomic E-state index is 12.4.